The van der Waals surface area contributed by atoms with Crippen LogP contribution in [0.1, 0.15) is 30.4 Å². The summed E-state index contributed by atoms with van der Waals surface area (Å²) < 4.78 is 57.5. The van der Waals surface area contributed by atoms with Crippen LogP contribution in [0.4, 0.5) is 17.6 Å². The van der Waals surface area contributed by atoms with E-state index in [1.165, 1.54) is 4.90 Å². The molecule has 1 saturated heterocycles. The fourth-order valence-electron chi connectivity index (χ4n) is 3.11. The zero-order valence-corrected chi connectivity index (χ0v) is 12.6. The fraction of sp³-hybridized carbons (Fsp3) is 0.562. The standard InChI is InChI=1S/C16H17F4NO2/c1-21(13-2-5-23-9-13)14(22)15(3-4-15)10-6-11(16(18,19)20)8-12(17)7-10/h6-8,13H,2-5,9H2,1H3/t13-/m0/s1. The first-order valence-corrected chi connectivity index (χ1v) is 7.47. The number of halogens is 4. The minimum Gasteiger partial charge on any atom is -0.379 e. The molecule has 0 N–H and O–H groups in total. The number of nitrogens with zero attached hydrogens (tertiary/aromatic N) is 1. The molecule has 3 nitrogen and oxygen atoms in total. The smallest absolute Gasteiger partial charge is 0.379 e. The minimum absolute atomic E-state index is 0.0735. The lowest BCUT2D eigenvalue weighted by Gasteiger charge is -2.28. The van der Waals surface area contributed by atoms with Crippen molar-refractivity contribution >= 4 is 5.91 Å². The lowest BCUT2D eigenvalue weighted by molar-refractivity contribution is -0.138. The molecule has 0 bridgehead atoms. The molecule has 0 aromatic heterocycles. The maximum Gasteiger partial charge on any atom is 0.416 e. The number of carbonyl (C=O) groups is 1. The van der Waals surface area contributed by atoms with Crippen molar-refractivity contribution in [3.05, 3.63) is 35.1 Å². The predicted molar refractivity (Wildman–Crippen MR) is 74.3 cm³/mol. The van der Waals surface area contributed by atoms with E-state index >= 15 is 0 Å². The Hall–Kier alpha value is -1.63. The summed E-state index contributed by atoms with van der Waals surface area (Å²) in [6.45, 7) is 0.989. The first kappa shape index (κ1) is 16.2. The van der Waals surface area contributed by atoms with E-state index in [1.807, 2.05) is 0 Å². The predicted octanol–water partition coefficient (Wildman–Crippen LogP) is 3.12. The SMILES string of the molecule is CN(C(=O)C1(c2cc(F)cc(C(F)(F)F)c2)CC1)[C@H]1CCOC1. The van der Waals surface area contributed by atoms with Crippen LogP contribution in [0.3, 0.4) is 0 Å². The van der Waals surface area contributed by atoms with Gasteiger partial charge < -0.3 is 9.64 Å². The molecule has 0 spiro atoms. The summed E-state index contributed by atoms with van der Waals surface area (Å²) in [5, 5.41) is 0. The van der Waals surface area contributed by atoms with Gasteiger partial charge in [0.05, 0.1) is 23.6 Å². The third-order valence-corrected chi connectivity index (χ3v) is 4.71. The number of alkyl halides is 3. The molecule has 7 heteroatoms. The molecule has 1 aliphatic heterocycles. The van der Waals surface area contributed by atoms with Gasteiger partial charge >= 0.3 is 6.18 Å². The monoisotopic (exact) mass is 331 g/mol. The van der Waals surface area contributed by atoms with Crippen molar-refractivity contribution in [1.29, 1.82) is 0 Å². The molecule has 1 atom stereocenters. The van der Waals surface area contributed by atoms with Crippen LogP contribution in [0, 0.1) is 5.82 Å². The maximum absolute atomic E-state index is 13.6. The van der Waals surface area contributed by atoms with Gasteiger partial charge in [-0.05, 0) is 43.0 Å². The first-order chi connectivity index (χ1) is 10.7. The number of amides is 1. The second kappa shape index (κ2) is 5.47. The highest BCUT2D eigenvalue weighted by atomic mass is 19.4. The van der Waals surface area contributed by atoms with Gasteiger partial charge in [0.15, 0.2) is 0 Å². The number of carbonyl (C=O) groups excluding carboxylic acids is 1. The fourth-order valence-corrected chi connectivity index (χ4v) is 3.11. The molecule has 1 amide bonds. The largest absolute Gasteiger partial charge is 0.416 e. The second-order valence-electron chi connectivity index (χ2n) is 6.24. The number of ether oxygens (including phenoxy) is 1. The van der Waals surface area contributed by atoms with E-state index in [1.54, 1.807) is 7.05 Å². The Morgan fingerprint density at radius 2 is 2.00 bits per heavy atom. The van der Waals surface area contributed by atoms with Gasteiger partial charge in [-0.15, -0.1) is 0 Å². The summed E-state index contributed by atoms with van der Waals surface area (Å²) in [7, 11) is 1.63. The molecule has 1 aromatic carbocycles. The minimum atomic E-state index is -4.64. The average molecular weight is 331 g/mol. The molecule has 0 radical (unpaired) electrons. The van der Waals surface area contributed by atoms with Crippen LogP contribution < -0.4 is 0 Å². The number of hydrogen-bond donors (Lipinski definition) is 0. The summed E-state index contributed by atoms with van der Waals surface area (Å²) in [6.07, 6.45) is -3.06. The summed E-state index contributed by atoms with van der Waals surface area (Å²) in [6, 6.07) is 2.32. The molecule has 0 unspecified atom stereocenters. The number of hydrogen-bond acceptors (Lipinski definition) is 2. The molecule has 3 rings (SSSR count). The molecular weight excluding hydrogens is 314 g/mol. The van der Waals surface area contributed by atoms with Crippen LogP contribution >= 0.6 is 0 Å². The van der Waals surface area contributed by atoms with Crippen molar-refractivity contribution in [3.63, 3.8) is 0 Å². The van der Waals surface area contributed by atoms with E-state index in [0.717, 1.165) is 12.1 Å². The Bertz CT molecular complexity index is 619. The zero-order chi connectivity index (χ0) is 16.8. The van der Waals surface area contributed by atoms with E-state index in [-0.39, 0.29) is 17.5 Å². The van der Waals surface area contributed by atoms with Gasteiger partial charge in [-0.3, -0.25) is 4.79 Å². The van der Waals surface area contributed by atoms with Gasteiger partial charge in [-0.25, -0.2) is 4.39 Å². The van der Waals surface area contributed by atoms with Crippen LogP contribution in [-0.4, -0.2) is 37.1 Å². The lowest BCUT2D eigenvalue weighted by Crippen LogP contribution is -2.43. The van der Waals surface area contributed by atoms with Gasteiger partial charge in [0.25, 0.3) is 0 Å². The topological polar surface area (TPSA) is 29.5 Å². The molecule has 23 heavy (non-hydrogen) atoms. The van der Waals surface area contributed by atoms with Crippen LogP contribution in [-0.2, 0) is 21.1 Å². The van der Waals surface area contributed by atoms with E-state index < -0.39 is 23.0 Å². The molecule has 1 aliphatic carbocycles. The first-order valence-electron chi connectivity index (χ1n) is 7.47. The summed E-state index contributed by atoms with van der Waals surface area (Å²) in [4.78, 5) is 14.3. The van der Waals surface area contributed by atoms with Crippen molar-refractivity contribution in [1.82, 2.24) is 4.90 Å². The van der Waals surface area contributed by atoms with E-state index in [0.29, 0.717) is 38.5 Å². The molecule has 1 saturated carbocycles. The molecule has 1 heterocycles. The van der Waals surface area contributed by atoms with Crippen LogP contribution in [0.2, 0.25) is 0 Å². The average Bonchev–Trinajstić information content (AvgIpc) is 3.11. The van der Waals surface area contributed by atoms with Gasteiger partial charge in [0.1, 0.15) is 5.82 Å². The van der Waals surface area contributed by atoms with Crippen LogP contribution in [0.5, 0.6) is 0 Å². The Morgan fingerprint density at radius 3 is 2.52 bits per heavy atom. The van der Waals surface area contributed by atoms with Crippen molar-refractivity contribution in [2.24, 2.45) is 0 Å². The summed E-state index contributed by atoms with van der Waals surface area (Å²) >= 11 is 0. The maximum atomic E-state index is 13.6. The van der Waals surface area contributed by atoms with Crippen molar-refractivity contribution < 1.29 is 27.1 Å². The molecule has 126 valence electrons. The van der Waals surface area contributed by atoms with Gasteiger partial charge in [-0.1, -0.05) is 0 Å². The van der Waals surface area contributed by atoms with Gasteiger partial charge in [0, 0.05) is 13.7 Å². The quantitative estimate of drug-likeness (QED) is 0.797. The van der Waals surface area contributed by atoms with Crippen molar-refractivity contribution in [2.75, 3.05) is 20.3 Å². The summed E-state index contributed by atoms with van der Waals surface area (Å²) in [5.74, 6) is -1.23. The van der Waals surface area contributed by atoms with Crippen LogP contribution in [0.15, 0.2) is 18.2 Å². The Morgan fingerprint density at radius 1 is 1.30 bits per heavy atom. The zero-order valence-electron chi connectivity index (χ0n) is 12.6. The van der Waals surface area contributed by atoms with Crippen molar-refractivity contribution in [3.8, 4) is 0 Å². The third kappa shape index (κ3) is 2.94. The Labute approximate surface area is 131 Å². The second-order valence-corrected chi connectivity index (χ2v) is 6.24. The summed E-state index contributed by atoms with van der Waals surface area (Å²) in [5.41, 5.74) is -1.97. The normalized spacial score (nSPS) is 22.9. The molecule has 2 aliphatic rings. The van der Waals surface area contributed by atoms with Gasteiger partial charge in [-0.2, -0.15) is 13.2 Å². The van der Waals surface area contributed by atoms with Crippen molar-refractivity contribution in [2.45, 2.75) is 36.9 Å². The van der Waals surface area contributed by atoms with Gasteiger partial charge in [0.2, 0.25) is 5.91 Å². The third-order valence-electron chi connectivity index (χ3n) is 4.71. The van der Waals surface area contributed by atoms with E-state index in [4.69, 9.17) is 4.74 Å². The lowest BCUT2D eigenvalue weighted by atomic mass is 9.92. The molecule has 1 aromatic rings. The Kier molecular flexibility index (Phi) is 3.86. The number of benzene rings is 1. The highest BCUT2D eigenvalue weighted by Gasteiger charge is 2.54. The number of likely N-dealkylation sites (N-methyl/N-ethyl adjacent to an activating group) is 1. The van der Waals surface area contributed by atoms with E-state index in [2.05, 4.69) is 0 Å². The Balaban J connectivity index is 1.91. The van der Waals surface area contributed by atoms with Crippen LogP contribution in [0.25, 0.3) is 0 Å². The number of rotatable bonds is 3. The molecular formula is C16H17F4NO2. The molecule has 2 fully saturated rings. The highest BCUT2D eigenvalue weighted by molar-refractivity contribution is 5.91. The highest BCUT2D eigenvalue weighted by Crippen LogP contribution is 2.51. The van der Waals surface area contributed by atoms with E-state index in [9.17, 15) is 22.4 Å².